The van der Waals surface area contributed by atoms with Crippen LogP contribution >= 0.6 is 11.9 Å². The van der Waals surface area contributed by atoms with Crippen LogP contribution in [-0.2, 0) is 0 Å². The third-order valence-corrected chi connectivity index (χ3v) is 2.41. The van der Waals surface area contributed by atoms with Crippen molar-refractivity contribution in [3.05, 3.63) is 0 Å². The summed E-state index contributed by atoms with van der Waals surface area (Å²) in [7, 11) is 2.19. The molecular weight excluding hydrogens is 130 g/mol. The lowest BCUT2D eigenvalue weighted by molar-refractivity contribution is 0.529. The zero-order chi connectivity index (χ0) is 6.69. The largest absolute Gasteiger partial charge is 0.253 e. The van der Waals surface area contributed by atoms with Gasteiger partial charge < -0.3 is 0 Å². The van der Waals surface area contributed by atoms with Gasteiger partial charge in [0, 0.05) is 12.3 Å². The van der Waals surface area contributed by atoms with Gasteiger partial charge in [-0.2, -0.15) is 0 Å². The van der Waals surface area contributed by atoms with Crippen molar-refractivity contribution >= 4 is 11.9 Å². The molecule has 0 bridgehead atoms. The molecule has 0 unspecified atom stereocenters. The van der Waals surface area contributed by atoms with Crippen molar-refractivity contribution in [1.82, 2.24) is 4.31 Å². The predicted molar refractivity (Wildman–Crippen MR) is 43.5 cm³/mol. The Bertz CT molecular complexity index is 81.0. The molecule has 0 atom stereocenters. The van der Waals surface area contributed by atoms with Gasteiger partial charge in [-0.25, -0.2) is 0 Å². The molecule has 1 saturated carbocycles. The molecule has 0 N–H and O–H groups in total. The molecule has 0 aliphatic heterocycles. The molecule has 0 aromatic carbocycles. The minimum atomic E-state index is 1.04. The van der Waals surface area contributed by atoms with Crippen LogP contribution in [0.1, 0.15) is 19.8 Å². The van der Waals surface area contributed by atoms with Gasteiger partial charge in [0.05, 0.1) is 0 Å². The lowest BCUT2D eigenvalue weighted by Gasteiger charge is -2.12. The van der Waals surface area contributed by atoms with Crippen LogP contribution < -0.4 is 0 Å². The average molecular weight is 145 g/mol. The summed E-state index contributed by atoms with van der Waals surface area (Å²) in [4.78, 5) is 0. The van der Waals surface area contributed by atoms with Crippen LogP contribution in [0.3, 0.4) is 0 Å². The summed E-state index contributed by atoms with van der Waals surface area (Å²) in [5.41, 5.74) is 0. The maximum absolute atomic E-state index is 2.36. The molecule has 9 heavy (non-hydrogen) atoms. The lowest BCUT2D eigenvalue weighted by atomic mass is 10.4. The Kier molecular flexibility index (Phi) is 2.86. The maximum atomic E-state index is 2.36. The van der Waals surface area contributed by atoms with E-state index in [0.717, 1.165) is 5.92 Å². The Morgan fingerprint density at radius 2 is 2.22 bits per heavy atom. The molecule has 0 spiro atoms. The molecule has 0 aromatic heterocycles. The topological polar surface area (TPSA) is 3.24 Å². The molecule has 1 rings (SSSR count). The molecule has 1 nitrogen and oxygen atoms in total. The van der Waals surface area contributed by atoms with Crippen molar-refractivity contribution in [1.29, 1.82) is 0 Å². The number of rotatable bonds is 4. The van der Waals surface area contributed by atoms with E-state index in [9.17, 15) is 0 Å². The molecule has 0 aromatic rings. The van der Waals surface area contributed by atoms with Crippen LogP contribution in [0.5, 0.6) is 0 Å². The first-order chi connectivity index (χ1) is 4.33. The third-order valence-electron chi connectivity index (χ3n) is 1.56. The Morgan fingerprint density at radius 1 is 1.56 bits per heavy atom. The van der Waals surface area contributed by atoms with Crippen LogP contribution in [0.25, 0.3) is 0 Å². The van der Waals surface area contributed by atoms with E-state index in [4.69, 9.17) is 0 Å². The van der Waals surface area contributed by atoms with Gasteiger partial charge in [0.2, 0.25) is 0 Å². The highest BCUT2D eigenvalue weighted by molar-refractivity contribution is 7.96. The van der Waals surface area contributed by atoms with Gasteiger partial charge in [-0.15, -0.1) is 0 Å². The van der Waals surface area contributed by atoms with E-state index in [1.54, 1.807) is 0 Å². The van der Waals surface area contributed by atoms with Gasteiger partial charge >= 0.3 is 0 Å². The van der Waals surface area contributed by atoms with E-state index in [2.05, 4.69) is 18.3 Å². The summed E-state index contributed by atoms with van der Waals surface area (Å²) in [6.07, 6.45) is 2.93. The maximum Gasteiger partial charge on any atom is 0.0115 e. The van der Waals surface area contributed by atoms with Crippen molar-refractivity contribution in [3.63, 3.8) is 0 Å². The van der Waals surface area contributed by atoms with E-state index in [0.29, 0.717) is 0 Å². The summed E-state index contributed by atoms with van der Waals surface area (Å²) < 4.78 is 2.36. The van der Waals surface area contributed by atoms with Gasteiger partial charge in [-0.05, 0) is 25.8 Å². The summed E-state index contributed by atoms with van der Waals surface area (Å²) in [5.74, 6) is 2.25. The van der Waals surface area contributed by atoms with E-state index < -0.39 is 0 Å². The summed E-state index contributed by atoms with van der Waals surface area (Å²) in [5, 5.41) is 0. The van der Waals surface area contributed by atoms with Crippen LogP contribution in [0.15, 0.2) is 0 Å². The molecule has 1 fully saturated rings. The fourth-order valence-electron chi connectivity index (χ4n) is 0.937. The first-order valence-electron chi connectivity index (χ1n) is 3.67. The fourth-order valence-corrected chi connectivity index (χ4v) is 1.69. The highest BCUT2D eigenvalue weighted by Gasteiger charge is 2.22. The smallest absolute Gasteiger partial charge is 0.0115 e. The third kappa shape index (κ3) is 3.11. The van der Waals surface area contributed by atoms with Crippen molar-refractivity contribution in [3.8, 4) is 0 Å². The second kappa shape index (κ2) is 3.47. The summed E-state index contributed by atoms with van der Waals surface area (Å²) >= 11 is 1.93. The van der Waals surface area contributed by atoms with E-state index >= 15 is 0 Å². The second-order valence-corrected chi connectivity index (χ2v) is 4.13. The summed E-state index contributed by atoms with van der Waals surface area (Å²) in [6, 6.07) is 0. The molecule has 1 aliphatic rings. The minimum Gasteiger partial charge on any atom is -0.253 e. The Morgan fingerprint density at radius 3 is 2.67 bits per heavy atom. The van der Waals surface area contributed by atoms with E-state index in [1.807, 2.05) is 11.9 Å². The van der Waals surface area contributed by atoms with Crippen molar-refractivity contribution in [2.45, 2.75) is 19.8 Å². The second-order valence-electron chi connectivity index (χ2n) is 2.67. The quantitative estimate of drug-likeness (QED) is 0.557. The zero-order valence-corrected chi connectivity index (χ0v) is 7.08. The molecule has 0 radical (unpaired) electrons. The zero-order valence-electron chi connectivity index (χ0n) is 6.26. The molecule has 2 heteroatoms. The lowest BCUT2D eigenvalue weighted by Crippen LogP contribution is -2.12. The Balaban J connectivity index is 1.95. The van der Waals surface area contributed by atoms with E-state index in [1.165, 1.54) is 25.1 Å². The summed E-state index contributed by atoms with van der Waals surface area (Å²) in [6.45, 7) is 3.51. The molecule has 0 saturated heterocycles. The van der Waals surface area contributed by atoms with Gasteiger partial charge in [-0.1, -0.05) is 18.9 Å². The first-order valence-corrected chi connectivity index (χ1v) is 4.61. The van der Waals surface area contributed by atoms with Crippen molar-refractivity contribution < 1.29 is 0 Å². The first kappa shape index (κ1) is 7.42. The predicted octanol–water partition coefficient (Wildman–Crippen LogP) is 2.00. The highest BCUT2D eigenvalue weighted by atomic mass is 32.2. The standard InChI is InChI=1S/C7H15NS/c1-3-9-8(2)6-7-4-5-7/h7H,3-6H2,1-2H3. The van der Waals surface area contributed by atoms with Crippen molar-refractivity contribution in [2.24, 2.45) is 5.92 Å². The monoisotopic (exact) mass is 145 g/mol. The molecule has 0 amide bonds. The molecule has 1 aliphatic carbocycles. The number of nitrogens with zero attached hydrogens (tertiary/aromatic N) is 1. The molecule has 0 heterocycles. The molecular formula is C7H15NS. The van der Waals surface area contributed by atoms with Crippen LogP contribution in [0.4, 0.5) is 0 Å². The van der Waals surface area contributed by atoms with Crippen LogP contribution in [0, 0.1) is 5.92 Å². The number of hydrogen-bond acceptors (Lipinski definition) is 2. The fraction of sp³-hybridized carbons (Fsp3) is 1.00. The van der Waals surface area contributed by atoms with Gasteiger partial charge in [0.25, 0.3) is 0 Å². The minimum absolute atomic E-state index is 1.04. The van der Waals surface area contributed by atoms with Crippen LogP contribution in [-0.4, -0.2) is 23.7 Å². The number of hydrogen-bond donors (Lipinski definition) is 0. The highest BCUT2D eigenvalue weighted by Crippen LogP contribution is 2.30. The van der Waals surface area contributed by atoms with E-state index in [-0.39, 0.29) is 0 Å². The van der Waals surface area contributed by atoms with Crippen LogP contribution in [0.2, 0.25) is 0 Å². The average Bonchev–Trinajstić information content (AvgIpc) is 2.50. The molecule has 54 valence electrons. The van der Waals surface area contributed by atoms with Crippen molar-refractivity contribution in [2.75, 3.05) is 19.3 Å². The Hall–Kier alpha value is 0.310. The van der Waals surface area contributed by atoms with Gasteiger partial charge in [0.1, 0.15) is 0 Å². The Labute approximate surface area is 61.9 Å². The SMILES string of the molecule is CCSN(C)CC1CC1. The van der Waals surface area contributed by atoms with Gasteiger partial charge in [0.15, 0.2) is 0 Å². The normalized spacial score (nSPS) is 19.0. The van der Waals surface area contributed by atoms with Gasteiger partial charge in [-0.3, -0.25) is 4.31 Å².